The van der Waals surface area contributed by atoms with Crippen molar-refractivity contribution in [3.63, 3.8) is 0 Å². The highest BCUT2D eigenvalue weighted by Gasteiger charge is 2.33. The summed E-state index contributed by atoms with van der Waals surface area (Å²) in [6.45, 7) is -1.74. The van der Waals surface area contributed by atoms with E-state index in [-0.39, 0.29) is 22.4 Å². The van der Waals surface area contributed by atoms with Gasteiger partial charge in [-0.3, -0.25) is 0 Å². The highest BCUT2D eigenvalue weighted by molar-refractivity contribution is 7.91. The average Bonchev–Trinajstić information content (AvgIpc) is 2.83. The quantitative estimate of drug-likeness (QED) is 0.354. The van der Waals surface area contributed by atoms with Gasteiger partial charge in [-0.2, -0.15) is 13.2 Å². The number of hydrogen-bond acceptors (Lipinski definition) is 7. The molecule has 0 bridgehead atoms. The van der Waals surface area contributed by atoms with Gasteiger partial charge < -0.3 is 19.9 Å². The zero-order valence-electron chi connectivity index (χ0n) is 18.8. The van der Waals surface area contributed by atoms with Crippen LogP contribution in [0.25, 0.3) is 0 Å². The molecule has 3 rings (SSSR count). The van der Waals surface area contributed by atoms with Crippen LogP contribution in [0.4, 0.5) is 18.9 Å². The van der Waals surface area contributed by atoms with Gasteiger partial charge in [0.2, 0.25) is 9.84 Å². The number of sulfone groups is 1. The Morgan fingerprint density at radius 3 is 2.17 bits per heavy atom. The van der Waals surface area contributed by atoms with Gasteiger partial charge in [0, 0.05) is 12.0 Å². The van der Waals surface area contributed by atoms with Crippen molar-refractivity contribution in [1.82, 2.24) is 0 Å². The Hall–Kier alpha value is -3.73. The molecule has 2 N–H and O–H groups in total. The predicted molar refractivity (Wildman–Crippen MR) is 121 cm³/mol. The molecule has 0 saturated carbocycles. The molecule has 11 heteroatoms. The van der Waals surface area contributed by atoms with E-state index in [0.29, 0.717) is 11.3 Å². The number of methoxy groups -OCH3 is 2. The van der Waals surface area contributed by atoms with Gasteiger partial charge in [0.25, 0.3) is 0 Å². The number of hydrogen-bond donors (Lipinski definition) is 1. The molecule has 0 unspecified atom stereocenters. The van der Waals surface area contributed by atoms with Crippen molar-refractivity contribution in [1.29, 1.82) is 0 Å². The standard InChI is InChI=1S/C24H22F3NO6S/c1-32-16-8-10-17(11-9-16)35(30,31)20-13-19(23(29)33-2)18(12-15-6-4-3-5-7-15)22(21(20)28)34-14-24(25,26)27/h3-11,13H,12,14,28H2,1-2H3. The minimum Gasteiger partial charge on any atom is -0.497 e. The van der Waals surface area contributed by atoms with Crippen molar-refractivity contribution in [3.05, 3.63) is 77.4 Å². The molecular weight excluding hydrogens is 487 g/mol. The lowest BCUT2D eigenvalue weighted by Gasteiger charge is -2.21. The Bertz CT molecular complexity index is 1310. The smallest absolute Gasteiger partial charge is 0.422 e. The SMILES string of the molecule is COC(=O)c1cc(S(=O)(=O)c2ccc(OC)cc2)c(N)c(OCC(F)(F)F)c1Cc1ccccc1. The van der Waals surface area contributed by atoms with Crippen molar-refractivity contribution < 1.29 is 40.6 Å². The van der Waals surface area contributed by atoms with Gasteiger partial charge in [0.05, 0.1) is 35.3 Å². The first-order chi connectivity index (χ1) is 16.5. The van der Waals surface area contributed by atoms with Crippen LogP contribution in [0.1, 0.15) is 21.5 Å². The summed E-state index contributed by atoms with van der Waals surface area (Å²) in [7, 11) is -1.90. The number of ether oxygens (including phenoxy) is 3. The van der Waals surface area contributed by atoms with Gasteiger partial charge >= 0.3 is 12.1 Å². The first-order valence-corrected chi connectivity index (χ1v) is 11.6. The first kappa shape index (κ1) is 25.9. The van der Waals surface area contributed by atoms with E-state index in [1.807, 2.05) is 0 Å². The summed E-state index contributed by atoms with van der Waals surface area (Å²) in [6, 6.07) is 14.8. The molecule has 3 aromatic rings. The number of nitrogens with two attached hydrogens (primary N) is 1. The highest BCUT2D eigenvalue weighted by Crippen LogP contribution is 2.40. The third-order valence-corrected chi connectivity index (χ3v) is 6.86. The number of carbonyl (C=O) groups excluding carboxylic acids is 1. The van der Waals surface area contributed by atoms with Gasteiger partial charge in [-0.1, -0.05) is 30.3 Å². The Kier molecular flexibility index (Phi) is 7.59. The Morgan fingerprint density at radius 2 is 1.63 bits per heavy atom. The van der Waals surface area contributed by atoms with Crippen LogP contribution in [-0.4, -0.2) is 41.4 Å². The van der Waals surface area contributed by atoms with Crippen LogP contribution in [0.2, 0.25) is 0 Å². The number of anilines is 1. The van der Waals surface area contributed by atoms with Gasteiger partial charge in [-0.25, -0.2) is 13.2 Å². The monoisotopic (exact) mass is 509 g/mol. The number of benzene rings is 3. The van der Waals surface area contributed by atoms with Gasteiger partial charge in [0.15, 0.2) is 6.61 Å². The van der Waals surface area contributed by atoms with Crippen molar-refractivity contribution in [2.24, 2.45) is 0 Å². The fourth-order valence-electron chi connectivity index (χ4n) is 3.38. The lowest BCUT2D eigenvalue weighted by Crippen LogP contribution is -2.22. The molecule has 0 aromatic heterocycles. The zero-order chi connectivity index (χ0) is 25.8. The van der Waals surface area contributed by atoms with E-state index in [1.165, 1.54) is 31.4 Å². The maximum absolute atomic E-state index is 13.4. The largest absolute Gasteiger partial charge is 0.497 e. The van der Waals surface area contributed by atoms with Crippen LogP contribution in [0.3, 0.4) is 0 Å². The van der Waals surface area contributed by atoms with E-state index >= 15 is 0 Å². The molecule has 0 atom stereocenters. The Balaban J connectivity index is 2.27. The van der Waals surface area contributed by atoms with Crippen LogP contribution in [-0.2, 0) is 21.0 Å². The van der Waals surface area contributed by atoms with Crippen LogP contribution in [0.5, 0.6) is 11.5 Å². The minimum atomic E-state index is -4.74. The molecule has 0 fully saturated rings. The van der Waals surface area contributed by atoms with E-state index in [9.17, 15) is 26.4 Å². The van der Waals surface area contributed by atoms with E-state index < -0.39 is 44.9 Å². The number of nitrogen functional groups attached to an aromatic ring is 1. The molecule has 0 aliphatic rings. The molecule has 0 aliphatic carbocycles. The molecule has 0 amide bonds. The minimum absolute atomic E-state index is 0.0292. The molecule has 0 spiro atoms. The van der Waals surface area contributed by atoms with E-state index in [4.69, 9.17) is 19.9 Å². The van der Waals surface area contributed by atoms with E-state index in [0.717, 1.165) is 13.2 Å². The van der Waals surface area contributed by atoms with Crippen molar-refractivity contribution in [2.75, 3.05) is 26.6 Å². The first-order valence-electron chi connectivity index (χ1n) is 10.1. The van der Waals surface area contributed by atoms with Crippen LogP contribution in [0.15, 0.2) is 70.5 Å². The van der Waals surface area contributed by atoms with Crippen LogP contribution in [0, 0.1) is 0 Å². The second kappa shape index (κ2) is 10.3. The molecule has 0 radical (unpaired) electrons. The fraction of sp³-hybridized carbons (Fsp3) is 0.208. The van der Waals surface area contributed by atoms with E-state index in [2.05, 4.69) is 0 Å². The zero-order valence-corrected chi connectivity index (χ0v) is 19.6. The number of alkyl halides is 3. The Morgan fingerprint density at radius 1 is 1.00 bits per heavy atom. The maximum Gasteiger partial charge on any atom is 0.422 e. The van der Waals surface area contributed by atoms with Gasteiger partial charge in [0.1, 0.15) is 11.5 Å². The lowest BCUT2D eigenvalue weighted by atomic mass is 9.97. The third kappa shape index (κ3) is 5.86. The molecule has 186 valence electrons. The summed E-state index contributed by atoms with van der Waals surface area (Å²) in [5.74, 6) is -1.13. The maximum atomic E-state index is 13.4. The summed E-state index contributed by atoms with van der Waals surface area (Å²) < 4.78 is 80.7. The summed E-state index contributed by atoms with van der Waals surface area (Å²) in [6.07, 6.45) is -4.81. The van der Waals surface area contributed by atoms with E-state index in [1.54, 1.807) is 30.3 Å². The topological polar surface area (TPSA) is 105 Å². The number of carbonyl (C=O) groups is 1. The lowest BCUT2D eigenvalue weighted by molar-refractivity contribution is -0.153. The van der Waals surface area contributed by atoms with Crippen molar-refractivity contribution in [2.45, 2.75) is 22.4 Å². The normalized spacial score (nSPS) is 11.7. The number of rotatable bonds is 8. The molecule has 0 heterocycles. The second-order valence-corrected chi connectivity index (χ2v) is 9.30. The Labute approximate surface area is 200 Å². The van der Waals surface area contributed by atoms with Gasteiger partial charge in [-0.05, 0) is 35.9 Å². The summed E-state index contributed by atoms with van der Waals surface area (Å²) >= 11 is 0. The summed E-state index contributed by atoms with van der Waals surface area (Å²) in [5, 5.41) is 0. The molecule has 0 saturated heterocycles. The van der Waals surface area contributed by atoms with Crippen LogP contribution >= 0.6 is 0 Å². The van der Waals surface area contributed by atoms with Crippen molar-refractivity contribution in [3.8, 4) is 11.5 Å². The predicted octanol–water partition coefficient (Wildman–Crippen LogP) is 4.43. The third-order valence-electron chi connectivity index (χ3n) is 5.05. The number of esters is 1. The van der Waals surface area contributed by atoms with Crippen molar-refractivity contribution >= 4 is 21.5 Å². The molecular formula is C24H22F3NO6S. The summed E-state index contributed by atoms with van der Waals surface area (Å²) in [5.41, 5.74) is 5.87. The number of halogens is 3. The highest BCUT2D eigenvalue weighted by atomic mass is 32.2. The fourth-order valence-corrected chi connectivity index (χ4v) is 4.79. The average molecular weight is 510 g/mol. The second-order valence-electron chi connectivity index (χ2n) is 7.38. The molecule has 0 aliphatic heterocycles. The molecule has 35 heavy (non-hydrogen) atoms. The van der Waals surface area contributed by atoms with Gasteiger partial charge in [-0.15, -0.1) is 0 Å². The summed E-state index contributed by atoms with van der Waals surface area (Å²) in [4.78, 5) is 11.8. The molecule has 3 aromatic carbocycles. The molecule has 7 nitrogen and oxygen atoms in total. The van der Waals surface area contributed by atoms with Crippen LogP contribution < -0.4 is 15.2 Å².